The number of ether oxygens (including phenoxy) is 1. The highest BCUT2D eigenvalue weighted by atomic mass is 16.5. The van der Waals surface area contributed by atoms with E-state index in [0.29, 0.717) is 0 Å². The molecule has 0 unspecified atom stereocenters. The minimum absolute atomic E-state index is 0.226. The van der Waals surface area contributed by atoms with E-state index in [1.165, 1.54) is 84.2 Å². The van der Waals surface area contributed by atoms with E-state index in [1.807, 2.05) is 12.2 Å². The zero-order chi connectivity index (χ0) is 18.4. The predicted molar refractivity (Wildman–Crippen MR) is 109 cm³/mol. The minimum Gasteiger partial charge on any atom is -0.469 e. The number of unbranched alkanes of at least 4 members (excludes halogenated alkanes) is 12. The molecular formula is C22H39NO2. The Bertz CT molecular complexity index is 372. The Morgan fingerprint density at radius 3 is 1.96 bits per heavy atom. The Balaban J connectivity index is 3.26. The number of carbonyl (C=O) groups is 1. The molecule has 3 nitrogen and oxygen atoms in total. The number of aliphatic imine (C=N–C) groups is 1. The van der Waals surface area contributed by atoms with Gasteiger partial charge in [-0.2, -0.15) is 0 Å². The van der Waals surface area contributed by atoms with Crippen LogP contribution in [0.2, 0.25) is 0 Å². The fourth-order valence-electron chi connectivity index (χ4n) is 2.65. The normalized spacial score (nSPS) is 11.9. The predicted octanol–water partition coefficient (Wildman–Crippen LogP) is 6.78. The van der Waals surface area contributed by atoms with Crippen molar-refractivity contribution in [3.8, 4) is 0 Å². The quantitative estimate of drug-likeness (QED) is 0.126. The summed E-state index contributed by atoms with van der Waals surface area (Å²) in [7, 11) is 1.38. The molecule has 0 aromatic heterocycles. The van der Waals surface area contributed by atoms with E-state index in [0.717, 1.165) is 6.42 Å². The molecule has 0 bridgehead atoms. The second-order valence-corrected chi connectivity index (χ2v) is 6.56. The van der Waals surface area contributed by atoms with Crippen molar-refractivity contribution in [3.05, 3.63) is 24.4 Å². The van der Waals surface area contributed by atoms with Crippen molar-refractivity contribution >= 4 is 12.2 Å². The Kier molecular flexibility index (Phi) is 19.5. The molecule has 0 radical (unpaired) electrons. The van der Waals surface area contributed by atoms with E-state index in [4.69, 9.17) is 0 Å². The van der Waals surface area contributed by atoms with Crippen molar-refractivity contribution in [2.24, 2.45) is 4.99 Å². The van der Waals surface area contributed by atoms with Crippen LogP contribution in [-0.2, 0) is 9.53 Å². The van der Waals surface area contributed by atoms with Gasteiger partial charge in [0, 0.05) is 12.4 Å². The van der Waals surface area contributed by atoms with Crippen LogP contribution >= 0.6 is 0 Å². The molecule has 0 fully saturated rings. The average Bonchev–Trinajstić information content (AvgIpc) is 2.63. The van der Waals surface area contributed by atoms with Gasteiger partial charge in [-0.15, -0.1) is 0 Å². The molecule has 0 N–H and O–H groups in total. The first-order valence-corrected chi connectivity index (χ1v) is 10.2. The SMILES string of the molecule is CCCCCCCCCCCCCCC=CC=CN=CCC(=O)OC. The molecule has 0 spiro atoms. The Morgan fingerprint density at radius 1 is 0.840 bits per heavy atom. The van der Waals surface area contributed by atoms with Gasteiger partial charge in [-0.3, -0.25) is 9.79 Å². The zero-order valence-corrected chi connectivity index (χ0v) is 16.5. The second-order valence-electron chi connectivity index (χ2n) is 6.56. The molecule has 25 heavy (non-hydrogen) atoms. The molecule has 0 saturated carbocycles. The van der Waals surface area contributed by atoms with E-state index in [-0.39, 0.29) is 12.4 Å². The first-order chi connectivity index (χ1) is 12.3. The summed E-state index contributed by atoms with van der Waals surface area (Å²) in [6.45, 7) is 2.27. The van der Waals surface area contributed by atoms with Gasteiger partial charge in [0.1, 0.15) is 0 Å². The van der Waals surface area contributed by atoms with Crippen molar-refractivity contribution in [1.29, 1.82) is 0 Å². The molecule has 0 heterocycles. The first-order valence-electron chi connectivity index (χ1n) is 10.2. The Labute approximate surface area is 155 Å². The second kappa shape index (κ2) is 20.7. The maximum absolute atomic E-state index is 10.8. The highest BCUT2D eigenvalue weighted by molar-refractivity contribution is 5.85. The van der Waals surface area contributed by atoms with Crippen LogP contribution < -0.4 is 0 Å². The summed E-state index contributed by atoms with van der Waals surface area (Å²) in [6, 6.07) is 0. The van der Waals surface area contributed by atoms with Gasteiger partial charge in [0.15, 0.2) is 0 Å². The monoisotopic (exact) mass is 349 g/mol. The van der Waals surface area contributed by atoms with Gasteiger partial charge < -0.3 is 4.74 Å². The zero-order valence-electron chi connectivity index (χ0n) is 16.5. The number of esters is 1. The van der Waals surface area contributed by atoms with Crippen LogP contribution in [0.25, 0.3) is 0 Å². The molecule has 0 aromatic rings. The van der Waals surface area contributed by atoms with E-state index >= 15 is 0 Å². The molecule has 0 amide bonds. The number of hydrogen-bond acceptors (Lipinski definition) is 3. The third-order valence-electron chi connectivity index (χ3n) is 4.23. The molecule has 0 aliphatic rings. The standard InChI is InChI=1S/C22H39NO2/c1-3-4-5-6-7-8-9-10-11-12-13-14-15-16-17-18-20-23-21-19-22(24)25-2/h16-18,20-21H,3-15,19H2,1-2H3. The van der Waals surface area contributed by atoms with Gasteiger partial charge in [-0.1, -0.05) is 89.7 Å². The number of carbonyl (C=O) groups excluding carboxylic acids is 1. The minimum atomic E-state index is -0.264. The smallest absolute Gasteiger partial charge is 0.310 e. The maximum atomic E-state index is 10.8. The summed E-state index contributed by atoms with van der Waals surface area (Å²) >= 11 is 0. The Morgan fingerprint density at radius 2 is 1.40 bits per heavy atom. The summed E-state index contributed by atoms with van der Waals surface area (Å²) in [4.78, 5) is 14.8. The van der Waals surface area contributed by atoms with E-state index in [2.05, 4.69) is 22.7 Å². The third kappa shape index (κ3) is 20.6. The van der Waals surface area contributed by atoms with Crippen molar-refractivity contribution in [2.75, 3.05) is 7.11 Å². The van der Waals surface area contributed by atoms with E-state index in [1.54, 1.807) is 12.4 Å². The summed E-state index contributed by atoms with van der Waals surface area (Å²) in [5.41, 5.74) is 0. The number of rotatable bonds is 17. The molecule has 0 atom stereocenters. The van der Waals surface area contributed by atoms with Crippen LogP contribution in [0.5, 0.6) is 0 Å². The van der Waals surface area contributed by atoms with Crippen molar-refractivity contribution < 1.29 is 9.53 Å². The highest BCUT2D eigenvalue weighted by Crippen LogP contribution is 2.12. The summed E-state index contributed by atoms with van der Waals surface area (Å²) in [5, 5.41) is 0. The molecule has 3 heteroatoms. The van der Waals surface area contributed by atoms with Crippen LogP contribution in [0, 0.1) is 0 Å². The van der Waals surface area contributed by atoms with Gasteiger partial charge >= 0.3 is 5.97 Å². The Hall–Kier alpha value is -1.38. The summed E-state index contributed by atoms with van der Waals surface area (Å²) < 4.78 is 4.52. The number of allylic oxidation sites excluding steroid dienone is 3. The average molecular weight is 350 g/mol. The van der Waals surface area contributed by atoms with E-state index in [9.17, 15) is 4.79 Å². The largest absolute Gasteiger partial charge is 0.469 e. The number of nitrogens with zero attached hydrogens (tertiary/aromatic N) is 1. The van der Waals surface area contributed by atoms with Gasteiger partial charge in [0.2, 0.25) is 0 Å². The fourth-order valence-corrected chi connectivity index (χ4v) is 2.65. The lowest BCUT2D eigenvalue weighted by Gasteiger charge is -2.02. The number of methoxy groups -OCH3 is 1. The van der Waals surface area contributed by atoms with Crippen LogP contribution in [0.4, 0.5) is 0 Å². The van der Waals surface area contributed by atoms with Crippen molar-refractivity contribution in [3.63, 3.8) is 0 Å². The van der Waals surface area contributed by atoms with Gasteiger partial charge in [-0.05, 0) is 18.9 Å². The number of hydrogen-bond donors (Lipinski definition) is 0. The molecule has 0 rings (SSSR count). The van der Waals surface area contributed by atoms with Gasteiger partial charge in [-0.25, -0.2) is 0 Å². The molecule has 144 valence electrons. The van der Waals surface area contributed by atoms with Crippen LogP contribution in [0.3, 0.4) is 0 Å². The molecule has 0 aromatic carbocycles. The van der Waals surface area contributed by atoms with Crippen LogP contribution in [-0.4, -0.2) is 19.3 Å². The highest BCUT2D eigenvalue weighted by Gasteiger charge is 1.93. The van der Waals surface area contributed by atoms with Crippen molar-refractivity contribution in [2.45, 2.75) is 96.8 Å². The van der Waals surface area contributed by atoms with E-state index < -0.39 is 0 Å². The molecule has 0 saturated heterocycles. The lowest BCUT2D eigenvalue weighted by Crippen LogP contribution is -1.99. The first kappa shape index (κ1) is 23.6. The third-order valence-corrected chi connectivity index (χ3v) is 4.23. The van der Waals surface area contributed by atoms with Gasteiger partial charge in [0.05, 0.1) is 13.5 Å². The molecule has 0 aliphatic heterocycles. The maximum Gasteiger partial charge on any atom is 0.310 e. The topological polar surface area (TPSA) is 38.7 Å². The molecular weight excluding hydrogens is 310 g/mol. The lowest BCUT2D eigenvalue weighted by molar-refractivity contribution is -0.139. The molecule has 0 aliphatic carbocycles. The van der Waals surface area contributed by atoms with Crippen LogP contribution in [0.1, 0.15) is 96.8 Å². The van der Waals surface area contributed by atoms with Crippen molar-refractivity contribution in [1.82, 2.24) is 0 Å². The summed E-state index contributed by atoms with van der Waals surface area (Å²) in [6.07, 6.45) is 27.4. The summed E-state index contributed by atoms with van der Waals surface area (Å²) in [5.74, 6) is -0.264. The van der Waals surface area contributed by atoms with Crippen LogP contribution in [0.15, 0.2) is 29.4 Å². The fraction of sp³-hybridized carbons (Fsp3) is 0.727. The lowest BCUT2D eigenvalue weighted by atomic mass is 10.0. The van der Waals surface area contributed by atoms with Gasteiger partial charge in [0.25, 0.3) is 0 Å².